The number of hydrogen-bond donors (Lipinski definition) is 1. The van der Waals surface area contributed by atoms with Crippen molar-refractivity contribution in [2.75, 3.05) is 6.54 Å². The molecule has 0 amide bonds. The van der Waals surface area contributed by atoms with E-state index in [1.54, 1.807) is 0 Å². The fraction of sp³-hybridized carbons (Fsp3) is 0.375. The molecule has 0 radical (unpaired) electrons. The molecular formula is C16H19N3. The van der Waals surface area contributed by atoms with Gasteiger partial charge in [0.15, 0.2) is 0 Å². The predicted octanol–water partition coefficient (Wildman–Crippen LogP) is 2.80. The highest BCUT2D eigenvalue weighted by atomic mass is 15.0. The van der Waals surface area contributed by atoms with Gasteiger partial charge in [-0.15, -0.1) is 0 Å². The Balaban J connectivity index is 1.79. The molecule has 1 fully saturated rings. The first-order valence-electron chi connectivity index (χ1n) is 6.91. The zero-order chi connectivity index (χ0) is 13.1. The Hall–Kier alpha value is -1.74. The highest BCUT2D eigenvalue weighted by Crippen LogP contribution is 2.21. The molecule has 0 aliphatic carbocycles. The van der Waals surface area contributed by atoms with Gasteiger partial charge in [0.25, 0.3) is 0 Å². The minimum atomic E-state index is 0.393. The largest absolute Gasteiger partial charge is 0.309 e. The van der Waals surface area contributed by atoms with Gasteiger partial charge in [0, 0.05) is 18.8 Å². The zero-order valence-electron chi connectivity index (χ0n) is 11.3. The van der Waals surface area contributed by atoms with Gasteiger partial charge in [-0.2, -0.15) is 0 Å². The van der Waals surface area contributed by atoms with Gasteiger partial charge < -0.3 is 5.32 Å². The molecular weight excluding hydrogens is 234 g/mol. The van der Waals surface area contributed by atoms with Crippen LogP contribution >= 0.6 is 0 Å². The van der Waals surface area contributed by atoms with E-state index in [0.29, 0.717) is 6.04 Å². The zero-order valence-corrected chi connectivity index (χ0v) is 11.3. The van der Waals surface area contributed by atoms with Crippen molar-refractivity contribution in [1.29, 1.82) is 0 Å². The molecule has 1 atom stereocenters. The van der Waals surface area contributed by atoms with E-state index in [1.165, 1.54) is 24.0 Å². The van der Waals surface area contributed by atoms with Crippen molar-refractivity contribution < 1.29 is 0 Å². The van der Waals surface area contributed by atoms with Gasteiger partial charge in [-0.1, -0.05) is 29.8 Å². The molecule has 1 unspecified atom stereocenters. The second kappa shape index (κ2) is 5.49. The summed E-state index contributed by atoms with van der Waals surface area (Å²) in [4.78, 5) is 9.10. The summed E-state index contributed by atoms with van der Waals surface area (Å²) in [7, 11) is 0. The van der Waals surface area contributed by atoms with E-state index in [9.17, 15) is 0 Å². The van der Waals surface area contributed by atoms with Crippen molar-refractivity contribution in [3.05, 3.63) is 59.2 Å². The Bertz CT molecular complexity index is 559. The van der Waals surface area contributed by atoms with E-state index in [0.717, 1.165) is 24.4 Å². The Labute approximate surface area is 114 Å². The van der Waals surface area contributed by atoms with Crippen LogP contribution in [-0.2, 0) is 6.42 Å². The van der Waals surface area contributed by atoms with Gasteiger partial charge in [-0.05, 0) is 31.9 Å². The summed E-state index contributed by atoms with van der Waals surface area (Å²) >= 11 is 0. The second-order valence-corrected chi connectivity index (χ2v) is 5.25. The van der Waals surface area contributed by atoms with Crippen LogP contribution in [0.15, 0.2) is 36.7 Å². The van der Waals surface area contributed by atoms with E-state index in [1.807, 2.05) is 12.4 Å². The standard InChI is InChI=1S/C16H19N3/c1-12-4-2-5-13(8-12)9-14-10-17-11-16(19-14)15-6-3-7-18-15/h2,4-5,8,10-11,15,18H,3,6-7,9H2,1H3. The molecule has 0 bridgehead atoms. The number of aromatic nitrogens is 2. The summed E-state index contributed by atoms with van der Waals surface area (Å²) < 4.78 is 0. The predicted molar refractivity (Wildman–Crippen MR) is 76.0 cm³/mol. The minimum Gasteiger partial charge on any atom is -0.309 e. The monoisotopic (exact) mass is 253 g/mol. The molecule has 3 heteroatoms. The topological polar surface area (TPSA) is 37.8 Å². The Morgan fingerprint density at radius 2 is 2.26 bits per heavy atom. The number of rotatable bonds is 3. The first-order chi connectivity index (χ1) is 9.31. The van der Waals surface area contributed by atoms with Crippen molar-refractivity contribution in [2.24, 2.45) is 0 Å². The van der Waals surface area contributed by atoms with Crippen molar-refractivity contribution in [1.82, 2.24) is 15.3 Å². The summed E-state index contributed by atoms with van der Waals surface area (Å²) in [6.45, 7) is 3.21. The maximum absolute atomic E-state index is 4.75. The molecule has 3 rings (SSSR count). The minimum absolute atomic E-state index is 0.393. The van der Waals surface area contributed by atoms with Crippen molar-refractivity contribution in [3.63, 3.8) is 0 Å². The number of nitrogens with one attached hydrogen (secondary N) is 1. The van der Waals surface area contributed by atoms with E-state index in [2.05, 4.69) is 41.5 Å². The van der Waals surface area contributed by atoms with Crippen LogP contribution < -0.4 is 5.32 Å². The van der Waals surface area contributed by atoms with Gasteiger partial charge in [0.2, 0.25) is 0 Å². The number of hydrogen-bond acceptors (Lipinski definition) is 3. The van der Waals surface area contributed by atoms with Crippen LogP contribution in [0.2, 0.25) is 0 Å². The van der Waals surface area contributed by atoms with Gasteiger partial charge in [0.1, 0.15) is 0 Å². The molecule has 1 aliphatic heterocycles. The lowest BCUT2D eigenvalue weighted by molar-refractivity contribution is 0.620. The Kier molecular flexibility index (Phi) is 3.56. The van der Waals surface area contributed by atoms with Crippen LogP contribution in [0.25, 0.3) is 0 Å². The third kappa shape index (κ3) is 2.99. The Morgan fingerprint density at radius 3 is 3.05 bits per heavy atom. The highest BCUT2D eigenvalue weighted by Gasteiger charge is 2.17. The van der Waals surface area contributed by atoms with Crippen LogP contribution in [0.4, 0.5) is 0 Å². The van der Waals surface area contributed by atoms with Crippen molar-refractivity contribution >= 4 is 0 Å². The lowest BCUT2D eigenvalue weighted by Gasteiger charge is -2.10. The normalized spacial score (nSPS) is 18.7. The molecule has 1 aromatic heterocycles. The van der Waals surface area contributed by atoms with E-state index in [4.69, 9.17) is 4.98 Å². The molecule has 2 heterocycles. The summed E-state index contributed by atoms with van der Waals surface area (Å²) in [6, 6.07) is 8.97. The quantitative estimate of drug-likeness (QED) is 0.914. The average Bonchev–Trinajstić information content (AvgIpc) is 2.93. The SMILES string of the molecule is Cc1cccc(Cc2cncc(C3CCCN3)n2)c1. The molecule has 3 nitrogen and oxygen atoms in total. The van der Waals surface area contributed by atoms with Crippen LogP contribution in [0, 0.1) is 6.92 Å². The summed E-state index contributed by atoms with van der Waals surface area (Å²) in [5.41, 5.74) is 4.73. The molecule has 1 N–H and O–H groups in total. The molecule has 1 aliphatic rings. The average molecular weight is 253 g/mol. The van der Waals surface area contributed by atoms with Gasteiger partial charge in [-0.3, -0.25) is 9.97 Å². The first kappa shape index (κ1) is 12.3. The smallest absolute Gasteiger partial charge is 0.0759 e. The van der Waals surface area contributed by atoms with E-state index < -0.39 is 0 Å². The summed E-state index contributed by atoms with van der Waals surface area (Å²) in [5.74, 6) is 0. The number of benzene rings is 1. The maximum Gasteiger partial charge on any atom is 0.0759 e. The Morgan fingerprint density at radius 1 is 1.32 bits per heavy atom. The molecule has 0 saturated carbocycles. The van der Waals surface area contributed by atoms with E-state index in [-0.39, 0.29) is 0 Å². The van der Waals surface area contributed by atoms with Gasteiger partial charge in [-0.25, -0.2) is 0 Å². The molecule has 1 saturated heterocycles. The molecule has 19 heavy (non-hydrogen) atoms. The molecule has 2 aromatic rings. The van der Waals surface area contributed by atoms with Crippen molar-refractivity contribution in [3.8, 4) is 0 Å². The maximum atomic E-state index is 4.75. The number of nitrogens with zero attached hydrogens (tertiary/aromatic N) is 2. The fourth-order valence-electron chi connectivity index (χ4n) is 2.64. The third-order valence-corrected chi connectivity index (χ3v) is 3.59. The number of aryl methyl sites for hydroxylation is 1. The summed E-state index contributed by atoms with van der Waals surface area (Å²) in [6.07, 6.45) is 7.02. The molecule has 1 aromatic carbocycles. The first-order valence-corrected chi connectivity index (χ1v) is 6.91. The van der Waals surface area contributed by atoms with Gasteiger partial charge in [0.05, 0.1) is 17.4 Å². The lowest BCUT2D eigenvalue weighted by atomic mass is 10.1. The van der Waals surface area contributed by atoms with E-state index >= 15 is 0 Å². The second-order valence-electron chi connectivity index (χ2n) is 5.25. The highest BCUT2D eigenvalue weighted by molar-refractivity contribution is 5.26. The van der Waals surface area contributed by atoms with Crippen LogP contribution in [0.1, 0.15) is 41.4 Å². The third-order valence-electron chi connectivity index (χ3n) is 3.59. The van der Waals surface area contributed by atoms with Crippen molar-refractivity contribution in [2.45, 2.75) is 32.2 Å². The lowest BCUT2D eigenvalue weighted by Crippen LogP contribution is -2.15. The summed E-state index contributed by atoms with van der Waals surface area (Å²) in [5, 5.41) is 3.47. The van der Waals surface area contributed by atoms with Crippen LogP contribution in [0.3, 0.4) is 0 Å². The van der Waals surface area contributed by atoms with Crippen LogP contribution in [-0.4, -0.2) is 16.5 Å². The molecule has 98 valence electrons. The molecule has 0 spiro atoms. The fourth-order valence-corrected chi connectivity index (χ4v) is 2.64. The van der Waals surface area contributed by atoms with Gasteiger partial charge >= 0.3 is 0 Å². The van der Waals surface area contributed by atoms with Crippen LogP contribution in [0.5, 0.6) is 0 Å².